The normalized spacial score (nSPS) is 23.5. The Hall–Kier alpha value is -1.83. The van der Waals surface area contributed by atoms with E-state index in [0.717, 1.165) is 11.3 Å². The average molecular weight is 352 g/mol. The number of aliphatic hydroxyl groups is 1. The molecule has 3 atom stereocenters. The van der Waals surface area contributed by atoms with E-state index in [1.807, 2.05) is 20.0 Å². The highest BCUT2D eigenvalue weighted by molar-refractivity contribution is 5.94. The Balaban J connectivity index is 2.50. The minimum atomic E-state index is -0.605. The van der Waals surface area contributed by atoms with Crippen LogP contribution >= 0.6 is 0 Å². The minimum Gasteiger partial charge on any atom is -0.496 e. The number of carbonyl (C=O) groups excluding carboxylic acids is 1. The number of aliphatic hydroxyl groups excluding tert-OH is 1. The van der Waals surface area contributed by atoms with E-state index >= 15 is 0 Å². The number of benzene rings is 1. The lowest BCUT2D eigenvalue weighted by Gasteiger charge is -2.40. The lowest BCUT2D eigenvalue weighted by molar-refractivity contribution is 0.0379. The third-order valence-corrected chi connectivity index (χ3v) is 4.86. The van der Waals surface area contributed by atoms with Crippen LogP contribution in [0.3, 0.4) is 0 Å². The monoisotopic (exact) mass is 352 g/mol. The van der Waals surface area contributed by atoms with Crippen LogP contribution in [0.15, 0.2) is 12.1 Å². The van der Waals surface area contributed by atoms with Gasteiger partial charge >= 0.3 is 5.97 Å². The second-order valence-corrected chi connectivity index (χ2v) is 6.73. The number of likely N-dealkylation sites (N-methyl/N-ethyl adjacent to an activating group) is 1. The van der Waals surface area contributed by atoms with E-state index in [-0.39, 0.29) is 24.2 Å². The fraction of sp³-hybridized carbons (Fsp3) is 0.611. The molecule has 0 saturated heterocycles. The number of methoxy groups -OCH3 is 2. The Morgan fingerprint density at radius 2 is 2.04 bits per heavy atom. The topological polar surface area (TPSA) is 87.4 Å². The van der Waals surface area contributed by atoms with Crippen LogP contribution in [0.1, 0.15) is 31.9 Å². The van der Waals surface area contributed by atoms with Crippen molar-refractivity contribution in [1.82, 2.24) is 10.2 Å². The van der Waals surface area contributed by atoms with Crippen LogP contribution in [0.4, 0.5) is 5.69 Å². The minimum absolute atomic E-state index is 0.0866. The van der Waals surface area contributed by atoms with Crippen molar-refractivity contribution < 1.29 is 19.4 Å². The average Bonchev–Trinajstić information content (AvgIpc) is 2.61. The highest BCUT2D eigenvalue weighted by Crippen LogP contribution is 2.30. The van der Waals surface area contributed by atoms with Gasteiger partial charge < -0.3 is 30.0 Å². The van der Waals surface area contributed by atoms with Gasteiger partial charge in [-0.15, -0.1) is 0 Å². The molecule has 4 N–H and O–H groups in total. The summed E-state index contributed by atoms with van der Waals surface area (Å²) in [5.41, 5.74) is 2.27. The smallest absolute Gasteiger partial charge is 0.496 e. The summed E-state index contributed by atoms with van der Waals surface area (Å²) in [6.45, 7) is 6.70. The number of hydrogen-bond acceptors (Lipinski definition) is 6. The molecule has 1 heterocycles. The predicted molar refractivity (Wildman–Crippen MR) is 98.7 cm³/mol. The second-order valence-electron chi connectivity index (χ2n) is 6.73. The molecule has 1 aliphatic rings. The van der Waals surface area contributed by atoms with E-state index in [4.69, 9.17) is 9.47 Å². The lowest BCUT2D eigenvalue weighted by Crippen LogP contribution is -2.57. The number of ether oxygens (including phenoxy) is 2. The van der Waals surface area contributed by atoms with Gasteiger partial charge in [-0.3, -0.25) is 4.90 Å². The van der Waals surface area contributed by atoms with Crippen LogP contribution < -0.4 is 15.4 Å². The van der Waals surface area contributed by atoms with Crippen LogP contribution in [-0.2, 0) is 11.3 Å². The number of hydrogen-bond donors (Lipinski definition) is 3. The molecule has 1 aromatic carbocycles. The molecule has 0 bridgehead atoms. The van der Waals surface area contributed by atoms with E-state index in [9.17, 15) is 9.90 Å². The molecule has 7 nitrogen and oxygen atoms in total. The quantitative estimate of drug-likeness (QED) is 0.556. The molecule has 0 saturated carbocycles. The molecular formula is C18H30N3O4+. The van der Waals surface area contributed by atoms with Gasteiger partial charge in [0.2, 0.25) is 0 Å². The van der Waals surface area contributed by atoms with Gasteiger partial charge in [0.15, 0.2) is 12.7 Å². The van der Waals surface area contributed by atoms with E-state index in [1.165, 1.54) is 7.11 Å². The molecule has 0 fully saturated rings. The maximum atomic E-state index is 10.7. The largest absolute Gasteiger partial charge is 0.521 e. The first-order valence-corrected chi connectivity index (χ1v) is 8.51. The van der Waals surface area contributed by atoms with E-state index in [2.05, 4.69) is 29.4 Å². The van der Waals surface area contributed by atoms with Gasteiger partial charge in [-0.2, -0.15) is 0 Å². The molecule has 0 aliphatic carbocycles. The molecule has 7 heteroatoms. The number of nitrogens with zero attached hydrogens (tertiary/aromatic N) is 1. The molecule has 25 heavy (non-hydrogen) atoms. The number of anilines is 1. The van der Waals surface area contributed by atoms with Crippen LogP contribution in [0.25, 0.3) is 0 Å². The fourth-order valence-corrected chi connectivity index (χ4v) is 2.92. The number of esters is 1. The Kier molecular flexibility index (Phi) is 6.26. The molecule has 2 unspecified atom stereocenters. The summed E-state index contributed by atoms with van der Waals surface area (Å²) >= 11 is 0. The van der Waals surface area contributed by atoms with Crippen molar-refractivity contribution in [2.75, 3.05) is 26.6 Å². The molecule has 1 aromatic rings. The van der Waals surface area contributed by atoms with Gasteiger partial charge in [0.1, 0.15) is 18.0 Å². The molecule has 0 aromatic heterocycles. The van der Waals surface area contributed by atoms with Crippen molar-refractivity contribution in [1.29, 1.82) is 0 Å². The first kappa shape index (κ1) is 19.5. The van der Waals surface area contributed by atoms with Crippen LogP contribution in [0.5, 0.6) is 5.75 Å². The molecule has 0 amide bonds. The Bertz CT molecular complexity index is 621. The summed E-state index contributed by atoms with van der Waals surface area (Å²) in [6.07, 6.45) is -0.890. The zero-order chi connectivity index (χ0) is 18.7. The predicted octanol–water partition coefficient (Wildman–Crippen LogP) is 1.12. The molecule has 1 aliphatic heterocycles. The Labute approximate surface area is 149 Å². The van der Waals surface area contributed by atoms with E-state index in [0.29, 0.717) is 17.9 Å². The van der Waals surface area contributed by atoms with Gasteiger partial charge in [0.25, 0.3) is 0 Å². The molecular weight excluding hydrogens is 322 g/mol. The summed E-state index contributed by atoms with van der Waals surface area (Å²) in [4.78, 5) is 12.1. The van der Waals surface area contributed by atoms with Crippen molar-refractivity contribution in [2.45, 2.75) is 51.7 Å². The van der Waals surface area contributed by atoms with Crippen molar-refractivity contribution in [3.05, 3.63) is 23.3 Å². The van der Waals surface area contributed by atoms with Crippen molar-refractivity contribution in [3.63, 3.8) is 0 Å². The van der Waals surface area contributed by atoms with E-state index in [1.54, 1.807) is 13.2 Å². The fourth-order valence-electron chi connectivity index (χ4n) is 2.92. The molecule has 0 spiro atoms. The van der Waals surface area contributed by atoms with Gasteiger partial charge in [-0.1, -0.05) is 0 Å². The highest BCUT2D eigenvalue weighted by atomic mass is 16.5. The lowest BCUT2D eigenvalue weighted by atomic mass is 10.0. The first-order chi connectivity index (χ1) is 11.8. The van der Waals surface area contributed by atoms with Crippen LogP contribution in [0.2, 0.25) is 0 Å². The summed E-state index contributed by atoms with van der Waals surface area (Å²) in [5.74, 6) is 0.323. The Morgan fingerprint density at radius 3 is 2.60 bits per heavy atom. The third kappa shape index (κ3) is 4.05. The second kappa shape index (κ2) is 8.03. The number of rotatable bonds is 4. The number of fused-ring (bicyclic) bond motifs is 1. The van der Waals surface area contributed by atoms with Crippen LogP contribution in [0, 0.1) is 0 Å². The maximum Gasteiger partial charge on any atom is 0.521 e. The molecule has 140 valence electrons. The zero-order valence-electron chi connectivity index (χ0n) is 15.8. The van der Waals surface area contributed by atoms with Gasteiger partial charge in [-0.05, 0) is 45.5 Å². The van der Waals surface area contributed by atoms with Gasteiger partial charge in [-0.25, -0.2) is 0 Å². The molecule has 2 rings (SSSR count). The van der Waals surface area contributed by atoms with Crippen LogP contribution in [-0.4, -0.2) is 66.4 Å². The summed E-state index contributed by atoms with van der Waals surface area (Å²) in [6, 6.07) is 3.82. The summed E-state index contributed by atoms with van der Waals surface area (Å²) in [7, 11) is 4.93. The van der Waals surface area contributed by atoms with Crippen molar-refractivity contribution in [3.8, 4) is 5.75 Å². The maximum absolute atomic E-state index is 10.7. The summed E-state index contributed by atoms with van der Waals surface area (Å²) in [5, 5.41) is 17.5. The van der Waals surface area contributed by atoms with Gasteiger partial charge in [0.05, 0.1) is 7.11 Å². The first-order valence-electron chi connectivity index (χ1n) is 8.51. The van der Waals surface area contributed by atoms with Crippen molar-refractivity contribution >= 4 is 11.7 Å². The zero-order valence-corrected chi connectivity index (χ0v) is 15.8. The van der Waals surface area contributed by atoms with Gasteiger partial charge in [0, 0.05) is 24.3 Å². The van der Waals surface area contributed by atoms with E-state index < -0.39 is 6.10 Å². The highest BCUT2D eigenvalue weighted by Gasteiger charge is 2.33. The SMILES string of the molecule is COC(=[OH+])c1cc2c(cc1OC)CN[C@H](C)C(O)C(N(C)C(C)C)N2. The summed E-state index contributed by atoms with van der Waals surface area (Å²) < 4.78 is 10.4. The Morgan fingerprint density at radius 1 is 1.36 bits per heavy atom. The standard InChI is InChI=1S/C18H29N3O4/c1-10(2)21(4)17-16(22)11(3)19-9-12-7-15(24-5)13(18(23)25-6)8-14(12)20-17/h7-8,10-11,16-17,19-20,22H,9H2,1-6H3/p+1/t11-,16?,17?/m1/s1. The van der Waals surface area contributed by atoms with Crippen molar-refractivity contribution in [2.24, 2.45) is 0 Å². The number of nitrogens with one attached hydrogen (secondary N) is 2. The molecule has 0 radical (unpaired) electrons. The third-order valence-electron chi connectivity index (χ3n) is 4.86.